The molecule has 2 aromatic rings. The summed E-state index contributed by atoms with van der Waals surface area (Å²) >= 11 is 12.3. The summed E-state index contributed by atoms with van der Waals surface area (Å²) in [6.45, 7) is 3.94. The highest BCUT2D eigenvalue weighted by atomic mass is 35.5. The van der Waals surface area contributed by atoms with E-state index in [1.807, 2.05) is 0 Å². The number of nitrogens with zero attached hydrogens (tertiary/aromatic N) is 4. The van der Waals surface area contributed by atoms with Gasteiger partial charge < -0.3 is 10.0 Å². The van der Waals surface area contributed by atoms with E-state index >= 15 is 0 Å². The maximum absolute atomic E-state index is 14.4. The fourth-order valence-electron chi connectivity index (χ4n) is 4.69. The van der Waals surface area contributed by atoms with Crippen molar-refractivity contribution in [3.8, 4) is 6.07 Å². The Labute approximate surface area is 239 Å². The molecule has 0 saturated heterocycles. The van der Waals surface area contributed by atoms with Crippen molar-refractivity contribution < 1.29 is 32.7 Å². The van der Waals surface area contributed by atoms with Gasteiger partial charge in [0.1, 0.15) is 0 Å². The van der Waals surface area contributed by atoms with Crippen molar-refractivity contribution in [2.75, 3.05) is 13.1 Å². The molecule has 1 aliphatic rings. The average molecular weight is 601 g/mol. The first-order valence-electron chi connectivity index (χ1n) is 12.6. The summed E-state index contributed by atoms with van der Waals surface area (Å²) in [6.07, 6.45) is -3.51. The maximum atomic E-state index is 14.4. The Morgan fingerprint density at radius 3 is 2.27 bits per heavy atom. The third kappa shape index (κ3) is 6.78. The van der Waals surface area contributed by atoms with Crippen LogP contribution < -0.4 is 0 Å². The molecular formula is C27H29Cl2F3N4O4. The molecule has 216 valence electrons. The largest absolute Gasteiger partial charge is 0.481 e. The molecule has 0 bridgehead atoms. The number of nitriles is 1. The second kappa shape index (κ2) is 11.8. The Kier molecular flexibility index (Phi) is 9.26. The van der Waals surface area contributed by atoms with Gasteiger partial charge >= 0.3 is 12.1 Å². The quantitative estimate of drug-likeness (QED) is 0.321. The lowest BCUT2D eigenvalue weighted by molar-refractivity contribution is -0.152. The van der Waals surface area contributed by atoms with E-state index in [0.29, 0.717) is 0 Å². The highest BCUT2D eigenvalue weighted by molar-refractivity contribution is 6.40. The third-order valence-corrected chi connectivity index (χ3v) is 8.02. The van der Waals surface area contributed by atoms with E-state index in [2.05, 4.69) is 11.2 Å². The van der Waals surface area contributed by atoms with Crippen LogP contribution in [0.2, 0.25) is 10.0 Å². The Morgan fingerprint density at radius 1 is 1.20 bits per heavy atom. The van der Waals surface area contributed by atoms with Gasteiger partial charge in [0.25, 0.3) is 5.91 Å². The molecular weight excluding hydrogens is 572 g/mol. The lowest BCUT2D eigenvalue weighted by Gasteiger charge is -2.34. The number of Topliss-reactive ketones (excluding diaryl/α,β-unsaturated/α-hetero) is 1. The van der Waals surface area contributed by atoms with Crippen LogP contribution in [0.3, 0.4) is 0 Å². The van der Waals surface area contributed by atoms with Crippen LogP contribution in [0, 0.1) is 22.2 Å². The molecule has 1 aromatic carbocycles. The second-order valence-electron chi connectivity index (χ2n) is 10.9. The van der Waals surface area contributed by atoms with E-state index in [4.69, 9.17) is 23.2 Å². The molecule has 1 aliphatic carbocycles. The van der Waals surface area contributed by atoms with Gasteiger partial charge in [0, 0.05) is 6.54 Å². The minimum atomic E-state index is -4.97. The summed E-state index contributed by atoms with van der Waals surface area (Å²) in [7, 11) is 0. The molecule has 1 heterocycles. The molecule has 40 heavy (non-hydrogen) atoms. The van der Waals surface area contributed by atoms with E-state index in [1.165, 1.54) is 18.2 Å². The van der Waals surface area contributed by atoms with Gasteiger partial charge in [-0.1, -0.05) is 29.3 Å². The lowest BCUT2D eigenvalue weighted by atomic mass is 9.74. The van der Waals surface area contributed by atoms with Crippen molar-refractivity contribution in [2.45, 2.75) is 65.1 Å². The van der Waals surface area contributed by atoms with Crippen LogP contribution in [-0.2, 0) is 11.0 Å². The van der Waals surface area contributed by atoms with Gasteiger partial charge in [-0.15, -0.1) is 0 Å². The molecule has 0 atom stereocenters. The second-order valence-corrected chi connectivity index (χ2v) is 11.8. The van der Waals surface area contributed by atoms with Gasteiger partial charge in [0.05, 0.1) is 56.9 Å². The van der Waals surface area contributed by atoms with Gasteiger partial charge in [-0.05, 0) is 65.0 Å². The third-order valence-electron chi connectivity index (χ3n) is 7.39. The Bertz CT molecular complexity index is 1320. The van der Waals surface area contributed by atoms with Crippen molar-refractivity contribution in [1.29, 1.82) is 5.26 Å². The van der Waals surface area contributed by atoms with Gasteiger partial charge in [-0.3, -0.25) is 19.1 Å². The molecule has 1 aromatic heterocycles. The summed E-state index contributed by atoms with van der Waals surface area (Å²) in [6, 6.07) is 5.69. The minimum Gasteiger partial charge on any atom is -0.481 e. The number of carbonyl (C=O) groups is 3. The van der Waals surface area contributed by atoms with Crippen molar-refractivity contribution in [2.24, 2.45) is 10.8 Å². The molecule has 13 heteroatoms. The van der Waals surface area contributed by atoms with Crippen LogP contribution >= 0.6 is 23.2 Å². The van der Waals surface area contributed by atoms with Crippen LogP contribution in [0.5, 0.6) is 0 Å². The number of rotatable bonds is 9. The number of carboxylic acid groups (broad SMARTS) is 1. The fourth-order valence-corrected chi connectivity index (χ4v) is 5.29. The molecule has 1 amide bonds. The first kappa shape index (κ1) is 31.4. The predicted molar refractivity (Wildman–Crippen MR) is 141 cm³/mol. The van der Waals surface area contributed by atoms with Crippen LogP contribution in [0.4, 0.5) is 13.2 Å². The Hall–Kier alpha value is -3.10. The average Bonchev–Trinajstić information content (AvgIpc) is 3.32. The molecule has 3 rings (SSSR count). The number of aromatic nitrogens is 2. The number of halogens is 5. The molecule has 0 spiro atoms. The fraction of sp³-hybridized carbons (Fsp3) is 0.519. The number of alkyl halides is 3. The van der Waals surface area contributed by atoms with E-state index in [-0.39, 0.29) is 54.3 Å². The van der Waals surface area contributed by atoms with Crippen LogP contribution in [0.1, 0.15) is 85.3 Å². The van der Waals surface area contributed by atoms with Crippen molar-refractivity contribution in [3.63, 3.8) is 0 Å². The number of carbonyl (C=O) groups excluding carboxylic acids is 2. The Morgan fingerprint density at radius 2 is 1.77 bits per heavy atom. The first-order valence-corrected chi connectivity index (χ1v) is 13.3. The van der Waals surface area contributed by atoms with E-state index in [9.17, 15) is 37.9 Å². The summed E-state index contributed by atoms with van der Waals surface area (Å²) in [5.41, 5.74) is -4.06. The predicted octanol–water partition coefficient (Wildman–Crippen LogP) is 6.68. The van der Waals surface area contributed by atoms with Crippen molar-refractivity contribution in [1.82, 2.24) is 14.7 Å². The monoisotopic (exact) mass is 600 g/mol. The van der Waals surface area contributed by atoms with Gasteiger partial charge in [0.15, 0.2) is 11.5 Å². The summed E-state index contributed by atoms with van der Waals surface area (Å²) < 4.78 is 43.9. The zero-order valence-corrected chi connectivity index (χ0v) is 23.7. The summed E-state index contributed by atoms with van der Waals surface area (Å²) in [4.78, 5) is 39.3. The molecule has 8 nitrogen and oxygen atoms in total. The number of ketones is 1. The van der Waals surface area contributed by atoms with Crippen molar-refractivity contribution in [3.05, 3.63) is 51.3 Å². The van der Waals surface area contributed by atoms with Crippen LogP contribution in [0.25, 0.3) is 0 Å². The zero-order valence-electron chi connectivity index (χ0n) is 22.2. The molecule has 1 saturated carbocycles. The maximum Gasteiger partial charge on any atom is 0.433 e. The molecule has 1 fully saturated rings. The Balaban J connectivity index is 1.99. The topological polar surface area (TPSA) is 116 Å². The molecule has 0 aliphatic heterocycles. The number of benzene rings is 1. The summed E-state index contributed by atoms with van der Waals surface area (Å²) in [5.74, 6) is -2.78. The molecule has 0 unspecified atom stereocenters. The van der Waals surface area contributed by atoms with Gasteiger partial charge in [0.2, 0.25) is 0 Å². The smallest absolute Gasteiger partial charge is 0.433 e. The van der Waals surface area contributed by atoms with Crippen LogP contribution in [-0.4, -0.2) is 50.5 Å². The highest BCUT2D eigenvalue weighted by Crippen LogP contribution is 2.43. The number of carboxylic acids is 1. The van der Waals surface area contributed by atoms with Gasteiger partial charge in [-0.2, -0.15) is 23.5 Å². The number of aliphatic carboxylic acids is 1. The van der Waals surface area contributed by atoms with E-state index in [1.54, 1.807) is 20.8 Å². The number of hydrogen-bond acceptors (Lipinski definition) is 5. The van der Waals surface area contributed by atoms with E-state index < -0.39 is 58.5 Å². The molecule has 1 N–H and O–H groups in total. The number of amides is 1. The van der Waals surface area contributed by atoms with Crippen LogP contribution in [0.15, 0.2) is 24.4 Å². The minimum absolute atomic E-state index is 0.0247. The normalized spacial score (nSPS) is 19.6. The zero-order chi connectivity index (χ0) is 30.0. The molecule has 0 radical (unpaired) electrons. The SMILES string of the molecule is CC(C)(C#N)CCN(CC(=O)c1c(Cl)cccc1Cl)C(=O)c1cnn(C2CCC(C)(C(=O)O)CC2)c1C(F)(F)F. The first-order chi connectivity index (χ1) is 18.5. The van der Waals surface area contributed by atoms with Gasteiger partial charge in [-0.25, -0.2) is 0 Å². The van der Waals surface area contributed by atoms with Crippen molar-refractivity contribution >= 4 is 40.9 Å². The standard InChI is InChI=1S/C27H29Cl2F3N4O4/c1-25(2,15-33)11-12-35(14-20(37)21-18(28)5-4-6-19(21)29)23(38)17-13-34-36(22(17)27(30,31)32)16-7-9-26(3,10-8-16)24(39)40/h4-6,13,16H,7-12,14H2,1-3H3,(H,39,40). The number of hydrogen-bond donors (Lipinski definition) is 1. The highest BCUT2D eigenvalue weighted by Gasteiger charge is 2.45. The summed E-state index contributed by atoms with van der Waals surface area (Å²) in [5, 5.41) is 22.8. The lowest BCUT2D eigenvalue weighted by Crippen LogP contribution is -2.39. The van der Waals surface area contributed by atoms with E-state index in [0.717, 1.165) is 15.8 Å².